The van der Waals surface area contributed by atoms with Crippen LogP contribution in [0.3, 0.4) is 0 Å². The molecule has 1 N–H and O–H groups in total. The molecule has 0 saturated heterocycles. The number of pyridine rings is 1. The van der Waals surface area contributed by atoms with Gasteiger partial charge in [0.05, 0.1) is 9.21 Å². The van der Waals surface area contributed by atoms with Crippen molar-refractivity contribution in [1.82, 2.24) is 14.7 Å². The number of carbonyl (C=O) groups excluding carboxylic acids is 1. The maximum atomic E-state index is 11.9. The Morgan fingerprint density at radius 1 is 1.43 bits per heavy atom. The zero-order chi connectivity index (χ0) is 14.8. The maximum Gasteiger partial charge on any atom is 0.261 e. The number of imidazole rings is 1. The highest BCUT2D eigenvalue weighted by Crippen LogP contribution is 2.21. The smallest absolute Gasteiger partial charge is 0.261 e. The third kappa shape index (κ3) is 3.09. The molecule has 0 aliphatic carbocycles. The number of rotatable bonds is 4. The highest BCUT2D eigenvalue weighted by atomic mass is 35.5. The van der Waals surface area contributed by atoms with Gasteiger partial charge in [0.1, 0.15) is 5.65 Å². The first-order chi connectivity index (χ1) is 10.1. The summed E-state index contributed by atoms with van der Waals surface area (Å²) < 4.78 is 2.67. The predicted octanol–water partition coefficient (Wildman–Crippen LogP) is 3.33. The second-order valence-corrected chi connectivity index (χ2v) is 6.51. The van der Waals surface area contributed by atoms with Crippen LogP contribution in [0.25, 0.3) is 5.65 Å². The molecule has 0 unspecified atom stereocenters. The molecule has 0 atom stereocenters. The van der Waals surface area contributed by atoms with E-state index in [4.69, 9.17) is 11.6 Å². The van der Waals surface area contributed by atoms with Crippen LogP contribution in [-0.2, 0) is 6.42 Å². The van der Waals surface area contributed by atoms with Crippen LogP contribution in [0.15, 0.2) is 36.7 Å². The number of carbonyl (C=O) groups is 1. The molecule has 0 aromatic carbocycles. The average molecular weight is 320 g/mol. The summed E-state index contributed by atoms with van der Waals surface area (Å²) in [6, 6.07) is 7.55. The van der Waals surface area contributed by atoms with Gasteiger partial charge in [0.25, 0.3) is 5.91 Å². The number of nitrogens with zero attached hydrogens (tertiary/aromatic N) is 2. The van der Waals surface area contributed by atoms with Gasteiger partial charge in [0.2, 0.25) is 0 Å². The largest absolute Gasteiger partial charge is 0.351 e. The fraction of sp³-hybridized carbons (Fsp3) is 0.200. The van der Waals surface area contributed by atoms with Gasteiger partial charge in [-0.2, -0.15) is 0 Å². The summed E-state index contributed by atoms with van der Waals surface area (Å²) in [5, 5.41) is 2.90. The lowest BCUT2D eigenvalue weighted by molar-refractivity contribution is 0.0958. The number of halogens is 1. The van der Waals surface area contributed by atoms with E-state index in [0.29, 0.717) is 15.8 Å². The summed E-state index contributed by atoms with van der Waals surface area (Å²) in [4.78, 5) is 16.9. The molecule has 108 valence electrons. The number of aryl methyl sites for hydroxylation is 1. The molecule has 21 heavy (non-hydrogen) atoms. The Morgan fingerprint density at radius 3 is 3.05 bits per heavy atom. The molecule has 0 bridgehead atoms. The fourth-order valence-electron chi connectivity index (χ4n) is 2.15. The molecule has 0 aliphatic rings. The quantitative estimate of drug-likeness (QED) is 0.801. The first-order valence-electron chi connectivity index (χ1n) is 6.59. The summed E-state index contributed by atoms with van der Waals surface area (Å²) in [6.45, 7) is 2.61. The van der Waals surface area contributed by atoms with Crippen LogP contribution in [-0.4, -0.2) is 21.8 Å². The van der Waals surface area contributed by atoms with E-state index >= 15 is 0 Å². The van der Waals surface area contributed by atoms with Gasteiger partial charge < -0.3 is 9.72 Å². The maximum absolute atomic E-state index is 11.9. The number of amides is 1. The lowest BCUT2D eigenvalue weighted by atomic mass is 10.3. The van der Waals surface area contributed by atoms with Crippen LogP contribution >= 0.6 is 22.9 Å². The zero-order valence-electron chi connectivity index (χ0n) is 11.5. The second-order valence-electron chi connectivity index (χ2n) is 4.79. The second kappa shape index (κ2) is 5.87. The van der Waals surface area contributed by atoms with Crippen molar-refractivity contribution in [3.63, 3.8) is 0 Å². The van der Waals surface area contributed by atoms with Crippen molar-refractivity contribution in [3.05, 3.63) is 57.1 Å². The van der Waals surface area contributed by atoms with Crippen LogP contribution in [0.4, 0.5) is 0 Å². The minimum absolute atomic E-state index is 0.0865. The van der Waals surface area contributed by atoms with E-state index in [1.54, 1.807) is 12.1 Å². The van der Waals surface area contributed by atoms with Crippen LogP contribution < -0.4 is 5.32 Å². The summed E-state index contributed by atoms with van der Waals surface area (Å²) in [5.41, 5.74) is 3.19. The first kappa shape index (κ1) is 14.1. The molecule has 0 spiro atoms. The van der Waals surface area contributed by atoms with Crippen molar-refractivity contribution in [3.8, 4) is 0 Å². The highest BCUT2D eigenvalue weighted by molar-refractivity contribution is 7.17. The highest BCUT2D eigenvalue weighted by Gasteiger charge is 2.09. The number of hydrogen-bond donors (Lipinski definition) is 1. The monoisotopic (exact) mass is 319 g/mol. The Balaban J connectivity index is 1.63. The third-order valence-corrected chi connectivity index (χ3v) is 4.44. The minimum Gasteiger partial charge on any atom is -0.351 e. The van der Waals surface area contributed by atoms with Crippen molar-refractivity contribution in [2.24, 2.45) is 0 Å². The molecule has 3 aromatic heterocycles. The van der Waals surface area contributed by atoms with E-state index in [-0.39, 0.29) is 5.91 Å². The third-order valence-electron chi connectivity index (χ3n) is 3.21. The summed E-state index contributed by atoms with van der Waals surface area (Å²) in [6.07, 6.45) is 4.59. The SMILES string of the molecule is Cc1ccn2c(CCNC(=O)c3ccc(Cl)s3)cnc2c1. The fourth-order valence-corrected chi connectivity index (χ4v) is 3.11. The average Bonchev–Trinajstić information content (AvgIpc) is 3.05. The van der Waals surface area contributed by atoms with Gasteiger partial charge in [-0.05, 0) is 36.8 Å². The molecule has 3 aromatic rings. The van der Waals surface area contributed by atoms with E-state index in [1.807, 2.05) is 35.9 Å². The van der Waals surface area contributed by atoms with Crippen molar-refractivity contribution in [2.45, 2.75) is 13.3 Å². The lowest BCUT2D eigenvalue weighted by Crippen LogP contribution is -2.25. The molecule has 0 fully saturated rings. The molecule has 0 radical (unpaired) electrons. The summed E-state index contributed by atoms with van der Waals surface area (Å²) in [5.74, 6) is -0.0865. The molecular formula is C15H14ClN3OS. The van der Waals surface area contributed by atoms with E-state index in [9.17, 15) is 4.79 Å². The van der Waals surface area contributed by atoms with Gasteiger partial charge in [0, 0.05) is 31.1 Å². The van der Waals surface area contributed by atoms with Gasteiger partial charge in [0.15, 0.2) is 0 Å². The van der Waals surface area contributed by atoms with Gasteiger partial charge in [-0.3, -0.25) is 4.79 Å². The number of nitrogens with one attached hydrogen (secondary N) is 1. The van der Waals surface area contributed by atoms with Gasteiger partial charge in [-0.25, -0.2) is 4.98 Å². The molecule has 3 rings (SSSR count). The summed E-state index contributed by atoms with van der Waals surface area (Å²) >= 11 is 7.11. The van der Waals surface area contributed by atoms with Gasteiger partial charge in [-0.15, -0.1) is 11.3 Å². The molecule has 0 saturated carbocycles. The number of hydrogen-bond acceptors (Lipinski definition) is 3. The van der Waals surface area contributed by atoms with Crippen LogP contribution in [0, 0.1) is 6.92 Å². The van der Waals surface area contributed by atoms with Gasteiger partial charge >= 0.3 is 0 Å². The van der Waals surface area contributed by atoms with Crippen LogP contribution in [0.5, 0.6) is 0 Å². The molecule has 3 heterocycles. The van der Waals surface area contributed by atoms with Crippen molar-refractivity contribution in [1.29, 1.82) is 0 Å². The zero-order valence-corrected chi connectivity index (χ0v) is 13.0. The number of aromatic nitrogens is 2. The number of thiophene rings is 1. The minimum atomic E-state index is -0.0865. The molecule has 0 aliphatic heterocycles. The predicted molar refractivity (Wildman–Crippen MR) is 85.3 cm³/mol. The lowest BCUT2D eigenvalue weighted by Gasteiger charge is -2.04. The van der Waals surface area contributed by atoms with Crippen LogP contribution in [0.1, 0.15) is 20.9 Å². The van der Waals surface area contributed by atoms with E-state index < -0.39 is 0 Å². The molecule has 1 amide bonds. The Morgan fingerprint density at radius 2 is 2.29 bits per heavy atom. The topological polar surface area (TPSA) is 46.4 Å². The van der Waals surface area contributed by atoms with E-state index in [0.717, 1.165) is 17.8 Å². The Labute approximate surface area is 131 Å². The Bertz CT molecular complexity index is 793. The van der Waals surface area contributed by atoms with Crippen molar-refractivity contribution in [2.75, 3.05) is 6.54 Å². The van der Waals surface area contributed by atoms with Crippen LogP contribution in [0.2, 0.25) is 4.34 Å². The summed E-state index contributed by atoms with van der Waals surface area (Å²) in [7, 11) is 0. The number of fused-ring (bicyclic) bond motifs is 1. The normalized spacial score (nSPS) is 11.0. The molecule has 4 nitrogen and oxygen atoms in total. The molecular weight excluding hydrogens is 306 g/mol. The standard InChI is InChI=1S/C15H14ClN3OS/c1-10-5-7-19-11(9-18-14(19)8-10)4-6-17-15(20)12-2-3-13(16)21-12/h2-3,5,7-9H,4,6H2,1H3,(H,17,20). The Hall–Kier alpha value is -1.85. The van der Waals surface area contributed by atoms with Crippen molar-refractivity contribution < 1.29 is 4.79 Å². The Kier molecular flexibility index (Phi) is 3.94. The molecule has 6 heteroatoms. The van der Waals surface area contributed by atoms with E-state index in [1.165, 1.54) is 16.9 Å². The first-order valence-corrected chi connectivity index (χ1v) is 7.79. The van der Waals surface area contributed by atoms with Gasteiger partial charge in [-0.1, -0.05) is 11.6 Å². The van der Waals surface area contributed by atoms with Crippen molar-refractivity contribution >= 4 is 34.5 Å². The van der Waals surface area contributed by atoms with E-state index in [2.05, 4.69) is 10.3 Å².